The highest BCUT2D eigenvalue weighted by Crippen LogP contribution is 2.49. The summed E-state index contributed by atoms with van der Waals surface area (Å²) >= 11 is 0. The number of sulfone groups is 1. The molecule has 5 atom stereocenters. The summed E-state index contributed by atoms with van der Waals surface area (Å²) in [6.45, 7) is 0.314. The highest BCUT2D eigenvalue weighted by atomic mass is 32.2. The summed E-state index contributed by atoms with van der Waals surface area (Å²) in [4.78, 5) is 42.8. The summed E-state index contributed by atoms with van der Waals surface area (Å²) < 4.78 is 96.6. The zero-order valence-corrected chi connectivity index (χ0v) is 22.5. The molecule has 3 amide bonds. The van der Waals surface area contributed by atoms with Gasteiger partial charge >= 0.3 is 0 Å². The number of nitrogens with zero attached hydrogens (tertiary/aromatic N) is 1. The molecule has 0 unspecified atom stereocenters. The number of carbonyl (C=O) groups is 3. The number of carbonyl (C=O) groups excluding carboxylic acids is 3. The monoisotopic (exact) mass is 602 g/mol. The first-order valence-electron chi connectivity index (χ1n) is 13.0. The molecule has 4 fully saturated rings. The van der Waals surface area contributed by atoms with Crippen molar-refractivity contribution in [3.8, 4) is 0 Å². The minimum Gasteiger partial charge on any atom is -0.356 e. The molecule has 3 N–H and O–H groups in total. The molecule has 1 aromatic heterocycles. The molecule has 222 valence electrons. The third kappa shape index (κ3) is 5.43. The van der Waals surface area contributed by atoms with Crippen LogP contribution in [0.5, 0.6) is 0 Å². The van der Waals surface area contributed by atoms with Crippen LogP contribution in [0.1, 0.15) is 42.6 Å². The molecule has 41 heavy (non-hydrogen) atoms. The van der Waals surface area contributed by atoms with E-state index in [4.69, 9.17) is 0 Å². The number of amides is 3. The molecule has 2 bridgehead atoms. The maximum absolute atomic E-state index is 15.1. The number of alkyl halides is 2. The van der Waals surface area contributed by atoms with Gasteiger partial charge in [0.05, 0.1) is 17.5 Å². The summed E-state index contributed by atoms with van der Waals surface area (Å²) in [7, 11) is -4.32. The van der Waals surface area contributed by atoms with E-state index in [-0.39, 0.29) is 35.9 Å². The predicted molar refractivity (Wildman–Crippen MR) is 136 cm³/mol. The number of halogens is 5. The van der Waals surface area contributed by atoms with Gasteiger partial charge in [-0.2, -0.15) is 4.39 Å². The van der Waals surface area contributed by atoms with Gasteiger partial charge in [-0.3, -0.25) is 14.4 Å². The zero-order valence-electron chi connectivity index (χ0n) is 21.7. The Morgan fingerprint density at radius 3 is 2.51 bits per heavy atom. The van der Waals surface area contributed by atoms with E-state index in [9.17, 15) is 36.0 Å². The highest BCUT2D eigenvalue weighted by Gasteiger charge is 2.60. The van der Waals surface area contributed by atoms with Crippen molar-refractivity contribution in [3.63, 3.8) is 0 Å². The van der Waals surface area contributed by atoms with Crippen molar-refractivity contribution < 1.29 is 44.8 Å². The minimum absolute atomic E-state index is 0.112. The fourth-order valence-electron chi connectivity index (χ4n) is 6.10. The van der Waals surface area contributed by atoms with Crippen molar-refractivity contribution >= 4 is 38.5 Å². The first kappa shape index (κ1) is 29.0. The smallest absolute Gasteiger partial charge is 0.271 e. The van der Waals surface area contributed by atoms with Crippen LogP contribution < -0.4 is 10.6 Å². The van der Waals surface area contributed by atoms with Gasteiger partial charge in [0.1, 0.15) is 23.4 Å². The Morgan fingerprint density at radius 1 is 1.20 bits per heavy atom. The second kappa shape index (κ2) is 10.4. The van der Waals surface area contributed by atoms with Gasteiger partial charge in [0.15, 0.2) is 0 Å². The summed E-state index contributed by atoms with van der Waals surface area (Å²) in [6, 6.07) is -1.48. The molecule has 15 heteroatoms. The number of benzene rings is 1. The molecule has 3 aliphatic heterocycles. The average Bonchev–Trinajstić information content (AvgIpc) is 3.52. The topological polar surface area (TPSA) is 128 Å². The lowest BCUT2D eigenvalue weighted by Gasteiger charge is -2.53. The molecule has 6 rings (SSSR count). The number of rotatable bonds is 7. The van der Waals surface area contributed by atoms with Crippen molar-refractivity contribution in [1.29, 1.82) is 0 Å². The number of hydrogen-bond donors (Lipinski definition) is 3. The van der Waals surface area contributed by atoms with Crippen LogP contribution in [-0.2, 0) is 19.4 Å². The average molecular weight is 603 g/mol. The van der Waals surface area contributed by atoms with Crippen molar-refractivity contribution in [1.82, 2.24) is 20.5 Å². The number of aromatic amines is 1. The molecule has 1 aliphatic carbocycles. The van der Waals surface area contributed by atoms with Gasteiger partial charge in [-0.1, -0.05) is 0 Å². The summed E-state index contributed by atoms with van der Waals surface area (Å²) in [5.74, 6) is -9.77. The Hall–Kier alpha value is -3.49. The van der Waals surface area contributed by atoms with Crippen LogP contribution in [-0.4, -0.2) is 72.9 Å². The third-order valence-electron chi connectivity index (χ3n) is 8.07. The van der Waals surface area contributed by atoms with E-state index >= 15 is 8.78 Å². The van der Waals surface area contributed by atoms with Crippen LogP contribution in [0.15, 0.2) is 29.4 Å². The maximum Gasteiger partial charge on any atom is 0.271 e. The van der Waals surface area contributed by atoms with E-state index in [1.54, 1.807) is 0 Å². The van der Waals surface area contributed by atoms with Gasteiger partial charge in [-0.05, 0) is 50.0 Å². The van der Waals surface area contributed by atoms with E-state index in [1.165, 1.54) is 0 Å². The Labute approximate surface area is 231 Å². The third-order valence-corrected chi connectivity index (χ3v) is 8.92. The van der Waals surface area contributed by atoms with Crippen LogP contribution in [0.2, 0.25) is 0 Å². The lowest BCUT2D eigenvalue weighted by atomic mass is 9.71. The van der Waals surface area contributed by atoms with Crippen LogP contribution in [0.3, 0.4) is 0 Å². The molecule has 0 radical (unpaired) electrons. The van der Waals surface area contributed by atoms with E-state index < -0.39 is 86.7 Å². The molecule has 1 aromatic carbocycles. The van der Waals surface area contributed by atoms with Crippen LogP contribution in [0, 0.1) is 23.5 Å². The van der Waals surface area contributed by atoms with Gasteiger partial charge in [0.2, 0.25) is 26.8 Å². The number of fused-ring (bicyclic) bond motifs is 4. The summed E-state index contributed by atoms with van der Waals surface area (Å²) in [5, 5.41) is 3.14. The molecule has 4 aliphatic rings. The second-order valence-corrected chi connectivity index (χ2v) is 12.8. The Kier molecular flexibility index (Phi) is 7.37. The van der Waals surface area contributed by atoms with Crippen molar-refractivity contribution in [3.05, 3.63) is 46.8 Å². The fraction of sp³-hybridized carbons (Fsp3) is 0.500. The Morgan fingerprint density at radius 2 is 1.90 bits per heavy atom. The lowest BCUT2D eigenvalue weighted by Crippen LogP contribution is -2.68. The van der Waals surface area contributed by atoms with Gasteiger partial charge in [0, 0.05) is 36.6 Å². The Balaban J connectivity index is 1.49. The van der Waals surface area contributed by atoms with E-state index in [2.05, 4.69) is 15.6 Å². The standard InChI is InChI=1S/C26H27F5N4O5S/c1-41(39,40)20(29)9-13(8-12-6-7-32-23(12)36)33-24(37)22-16-3-2-14(11-26(16,30)31)35(22)25(38)19-10-15-17(27)4-5-18(28)21(15)34-19/h4-5,9-10,12-14,16,22,34H,2-3,6-8,11H2,1H3,(H,32,36)(H,33,37)/b20-9-/t12-,13+,14-,16-,22-/m0/s1. The summed E-state index contributed by atoms with van der Waals surface area (Å²) in [5.41, 5.74) is -0.627. The molecule has 4 heterocycles. The number of aromatic nitrogens is 1. The SMILES string of the molecule is CS(=O)(=O)/C(F)=C\[C@@H](C[C@@H]1CCNC1=O)NC(=O)[C@@H]1[C@@H]2CC[C@@H](CC2(F)F)N1C(=O)c1cc2c(F)ccc(F)c2[nH]1. The van der Waals surface area contributed by atoms with E-state index in [1.807, 2.05) is 0 Å². The van der Waals surface area contributed by atoms with Gasteiger partial charge in [-0.15, -0.1) is 0 Å². The van der Waals surface area contributed by atoms with Crippen molar-refractivity contribution in [2.75, 3.05) is 12.8 Å². The zero-order chi connectivity index (χ0) is 29.9. The van der Waals surface area contributed by atoms with Crippen molar-refractivity contribution in [2.45, 2.75) is 56.2 Å². The first-order chi connectivity index (χ1) is 19.2. The van der Waals surface area contributed by atoms with Crippen LogP contribution >= 0.6 is 0 Å². The molecule has 2 aromatic rings. The van der Waals surface area contributed by atoms with E-state index in [0.717, 1.165) is 23.1 Å². The van der Waals surface area contributed by atoms with Gasteiger partial charge in [0.25, 0.3) is 11.8 Å². The second-order valence-electron chi connectivity index (χ2n) is 10.8. The maximum atomic E-state index is 15.1. The number of hydrogen-bond acceptors (Lipinski definition) is 5. The predicted octanol–water partition coefficient (Wildman–Crippen LogP) is 2.94. The summed E-state index contributed by atoms with van der Waals surface area (Å²) in [6.07, 6.45) is 0.618. The first-order valence-corrected chi connectivity index (χ1v) is 14.9. The van der Waals surface area contributed by atoms with E-state index in [0.29, 0.717) is 25.3 Å². The fourth-order valence-corrected chi connectivity index (χ4v) is 6.51. The molecular formula is C26H27F5N4O5S. The number of nitrogens with one attached hydrogen (secondary N) is 3. The molecule has 3 saturated heterocycles. The largest absolute Gasteiger partial charge is 0.356 e. The molecule has 0 spiro atoms. The highest BCUT2D eigenvalue weighted by molar-refractivity contribution is 7.94. The van der Waals surface area contributed by atoms with Gasteiger partial charge in [-0.25, -0.2) is 26.0 Å². The van der Waals surface area contributed by atoms with Crippen molar-refractivity contribution in [2.24, 2.45) is 11.8 Å². The number of piperidine rings is 2. The minimum atomic E-state index is -4.32. The van der Waals surface area contributed by atoms with Crippen LogP contribution in [0.4, 0.5) is 22.0 Å². The van der Waals surface area contributed by atoms with Gasteiger partial charge < -0.3 is 20.5 Å². The Bertz CT molecular complexity index is 1520. The normalized spacial score (nSPS) is 26.7. The molecular weight excluding hydrogens is 575 g/mol. The molecule has 9 nitrogen and oxygen atoms in total. The lowest BCUT2D eigenvalue weighted by molar-refractivity contribution is -0.179. The number of H-pyrrole nitrogens is 1. The molecule has 1 saturated carbocycles. The quantitative estimate of drug-likeness (QED) is 0.420. The van der Waals surface area contributed by atoms with Crippen LogP contribution in [0.25, 0.3) is 10.9 Å².